The van der Waals surface area contributed by atoms with Crippen LogP contribution in [0.1, 0.15) is 48.2 Å². The zero-order valence-corrected chi connectivity index (χ0v) is 16.5. The van der Waals surface area contributed by atoms with E-state index in [1.165, 1.54) is 12.1 Å². The first kappa shape index (κ1) is 20.0. The Morgan fingerprint density at radius 2 is 1.77 bits per heavy atom. The van der Waals surface area contributed by atoms with Crippen molar-refractivity contribution in [3.8, 4) is 0 Å². The monoisotopic (exact) mass is 374 g/mol. The van der Waals surface area contributed by atoms with Gasteiger partial charge in [0.2, 0.25) is 0 Å². The average molecular weight is 375 g/mol. The van der Waals surface area contributed by atoms with Crippen LogP contribution in [0.3, 0.4) is 0 Å². The predicted octanol–water partition coefficient (Wildman–Crippen LogP) is 4.02. The molecule has 0 aromatic heterocycles. The van der Waals surface area contributed by atoms with Crippen molar-refractivity contribution in [1.82, 2.24) is 5.32 Å². The Balaban J connectivity index is 2.30. The van der Waals surface area contributed by atoms with Crippen molar-refractivity contribution in [2.45, 2.75) is 51.5 Å². The molecule has 0 radical (unpaired) electrons. The van der Waals surface area contributed by atoms with E-state index in [1.54, 1.807) is 25.1 Å². The van der Waals surface area contributed by atoms with Gasteiger partial charge >= 0.3 is 0 Å². The van der Waals surface area contributed by atoms with Crippen LogP contribution >= 0.6 is 0 Å². The number of sulfonamides is 1. The van der Waals surface area contributed by atoms with Crippen molar-refractivity contribution in [3.05, 3.63) is 59.2 Å². The fraction of sp³-hybridized carbons (Fsp3) is 0.350. The van der Waals surface area contributed by atoms with Crippen LogP contribution in [0.2, 0.25) is 0 Å². The third kappa shape index (κ3) is 4.85. The molecule has 1 atom stereocenters. The van der Waals surface area contributed by atoms with Crippen molar-refractivity contribution in [3.63, 3.8) is 0 Å². The SMILES string of the molecule is CCC[C@H](C)NC(=O)c1cc(S(=O)(=O)Nc2ccccc2C)ccc1C. The summed E-state index contributed by atoms with van der Waals surface area (Å²) >= 11 is 0. The first-order valence-electron chi connectivity index (χ1n) is 8.74. The van der Waals surface area contributed by atoms with Gasteiger partial charge in [0.1, 0.15) is 0 Å². The third-order valence-corrected chi connectivity index (χ3v) is 5.62. The highest BCUT2D eigenvalue weighted by Crippen LogP contribution is 2.21. The summed E-state index contributed by atoms with van der Waals surface area (Å²) in [6, 6.07) is 11.8. The number of hydrogen-bond donors (Lipinski definition) is 2. The van der Waals surface area contributed by atoms with Gasteiger partial charge in [-0.05, 0) is 56.5 Å². The molecule has 0 aliphatic carbocycles. The molecule has 0 fully saturated rings. The van der Waals surface area contributed by atoms with Gasteiger partial charge in [-0.15, -0.1) is 0 Å². The highest BCUT2D eigenvalue weighted by molar-refractivity contribution is 7.92. The summed E-state index contributed by atoms with van der Waals surface area (Å²) in [6.45, 7) is 7.63. The molecule has 6 heteroatoms. The highest BCUT2D eigenvalue weighted by Gasteiger charge is 2.19. The number of carbonyl (C=O) groups is 1. The number of nitrogens with one attached hydrogen (secondary N) is 2. The molecule has 2 rings (SSSR count). The maximum atomic E-state index is 12.7. The Morgan fingerprint density at radius 1 is 1.08 bits per heavy atom. The van der Waals surface area contributed by atoms with Crippen molar-refractivity contribution in [2.75, 3.05) is 4.72 Å². The molecule has 0 unspecified atom stereocenters. The van der Waals surface area contributed by atoms with E-state index in [-0.39, 0.29) is 16.8 Å². The second kappa shape index (κ2) is 8.36. The second-order valence-electron chi connectivity index (χ2n) is 6.56. The van der Waals surface area contributed by atoms with Gasteiger partial charge in [0.25, 0.3) is 15.9 Å². The van der Waals surface area contributed by atoms with Crippen molar-refractivity contribution >= 4 is 21.6 Å². The van der Waals surface area contributed by atoms with Crippen molar-refractivity contribution in [1.29, 1.82) is 0 Å². The zero-order valence-electron chi connectivity index (χ0n) is 15.7. The Labute approximate surface area is 155 Å². The van der Waals surface area contributed by atoms with Crippen LogP contribution in [0.5, 0.6) is 0 Å². The molecule has 0 saturated carbocycles. The van der Waals surface area contributed by atoms with Crippen LogP contribution < -0.4 is 10.0 Å². The molecule has 140 valence electrons. The van der Waals surface area contributed by atoms with Gasteiger partial charge in [0.05, 0.1) is 10.6 Å². The summed E-state index contributed by atoms with van der Waals surface area (Å²) in [5.74, 6) is -0.253. The number of anilines is 1. The van der Waals surface area contributed by atoms with E-state index in [4.69, 9.17) is 0 Å². The van der Waals surface area contributed by atoms with E-state index in [2.05, 4.69) is 17.0 Å². The normalized spacial score (nSPS) is 12.5. The Kier molecular flexibility index (Phi) is 6.42. The van der Waals surface area contributed by atoms with Gasteiger partial charge in [0.15, 0.2) is 0 Å². The fourth-order valence-corrected chi connectivity index (χ4v) is 3.87. The summed E-state index contributed by atoms with van der Waals surface area (Å²) in [5.41, 5.74) is 2.46. The van der Waals surface area contributed by atoms with E-state index in [0.717, 1.165) is 24.0 Å². The molecule has 0 aliphatic heterocycles. The second-order valence-corrected chi connectivity index (χ2v) is 8.24. The van der Waals surface area contributed by atoms with E-state index in [0.29, 0.717) is 11.3 Å². The van der Waals surface area contributed by atoms with Crippen LogP contribution in [-0.2, 0) is 10.0 Å². The standard InChI is InChI=1S/C20H26N2O3S/c1-5-8-16(4)21-20(23)18-13-17(12-11-14(18)2)26(24,25)22-19-10-7-6-9-15(19)3/h6-7,9-13,16,22H,5,8H2,1-4H3,(H,21,23)/t16-/m0/s1. The van der Waals surface area contributed by atoms with Crippen LogP contribution in [-0.4, -0.2) is 20.4 Å². The summed E-state index contributed by atoms with van der Waals surface area (Å²) in [6.07, 6.45) is 1.84. The molecule has 2 aromatic carbocycles. The van der Waals surface area contributed by atoms with Gasteiger partial charge < -0.3 is 5.32 Å². The largest absolute Gasteiger partial charge is 0.350 e. The Bertz CT molecular complexity index is 892. The summed E-state index contributed by atoms with van der Waals surface area (Å²) < 4.78 is 28.0. The van der Waals surface area contributed by atoms with Gasteiger partial charge in [0, 0.05) is 11.6 Å². The van der Waals surface area contributed by atoms with E-state index >= 15 is 0 Å². The molecule has 1 amide bonds. The van der Waals surface area contributed by atoms with Crippen LogP contribution in [0.15, 0.2) is 47.4 Å². The molecule has 0 saturated heterocycles. The molecule has 2 N–H and O–H groups in total. The molecular weight excluding hydrogens is 348 g/mol. The lowest BCUT2D eigenvalue weighted by Gasteiger charge is -2.15. The number of para-hydroxylation sites is 1. The van der Waals surface area contributed by atoms with E-state index < -0.39 is 10.0 Å². The topological polar surface area (TPSA) is 75.3 Å². The first-order valence-corrected chi connectivity index (χ1v) is 10.2. The number of aryl methyl sites for hydroxylation is 2. The molecule has 5 nitrogen and oxygen atoms in total. The molecule has 0 aliphatic rings. The number of rotatable bonds is 7. The molecular formula is C20H26N2O3S. The number of benzene rings is 2. The van der Waals surface area contributed by atoms with Crippen molar-refractivity contribution < 1.29 is 13.2 Å². The number of amides is 1. The van der Waals surface area contributed by atoms with Crippen LogP contribution in [0, 0.1) is 13.8 Å². The predicted molar refractivity (Wildman–Crippen MR) is 105 cm³/mol. The molecule has 0 heterocycles. The minimum Gasteiger partial charge on any atom is -0.350 e. The lowest BCUT2D eigenvalue weighted by molar-refractivity contribution is 0.0937. The molecule has 0 spiro atoms. The van der Waals surface area contributed by atoms with Gasteiger partial charge in [-0.2, -0.15) is 0 Å². The lowest BCUT2D eigenvalue weighted by Crippen LogP contribution is -2.33. The van der Waals surface area contributed by atoms with Gasteiger partial charge in [-0.1, -0.05) is 37.6 Å². The lowest BCUT2D eigenvalue weighted by atomic mass is 10.1. The van der Waals surface area contributed by atoms with E-state index in [1.807, 2.05) is 26.0 Å². The van der Waals surface area contributed by atoms with Gasteiger partial charge in [-0.3, -0.25) is 9.52 Å². The highest BCUT2D eigenvalue weighted by atomic mass is 32.2. The maximum Gasteiger partial charge on any atom is 0.261 e. The Hall–Kier alpha value is -2.34. The summed E-state index contributed by atoms with van der Waals surface area (Å²) in [4.78, 5) is 12.6. The van der Waals surface area contributed by atoms with Crippen LogP contribution in [0.4, 0.5) is 5.69 Å². The third-order valence-electron chi connectivity index (χ3n) is 4.25. The average Bonchev–Trinajstić information content (AvgIpc) is 2.57. The van der Waals surface area contributed by atoms with Crippen molar-refractivity contribution in [2.24, 2.45) is 0 Å². The fourth-order valence-electron chi connectivity index (χ4n) is 2.71. The van der Waals surface area contributed by atoms with E-state index in [9.17, 15) is 13.2 Å². The molecule has 0 bridgehead atoms. The quantitative estimate of drug-likeness (QED) is 0.768. The molecule has 26 heavy (non-hydrogen) atoms. The maximum absolute atomic E-state index is 12.7. The number of carbonyl (C=O) groups excluding carboxylic acids is 1. The minimum absolute atomic E-state index is 0.0391. The summed E-state index contributed by atoms with van der Waals surface area (Å²) in [7, 11) is -3.78. The zero-order chi connectivity index (χ0) is 19.3. The van der Waals surface area contributed by atoms with Crippen LogP contribution in [0.25, 0.3) is 0 Å². The minimum atomic E-state index is -3.78. The first-order chi connectivity index (χ1) is 12.2. The summed E-state index contributed by atoms with van der Waals surface area (Å²) in [5, 5.41) is 2.92. The smallest absolute Gasteiger partial charge is 0.261 e. The molecule has 2 aromatic rings. The van der Waals surface area contributed by atoms with Gasteiger partial charge in [-0.25, -0.2) is 8.42 Å². The Morgan fingerprint density at radius 3 is 2.42 bits per heavy atom. The number of hydrogen-bond acceptors (Lipinski definition) is 3.